The summed E-state index contributed by atoms with van der Waals surface area (Å²) >= 11 is 26.8. The number of halogens is 4. The third-order valence-corrected chi connectivity index (χ3v) is 19.0. The number of piperidine rings is 2. The van der Waals surface area contributed by atoms with Gasteiger partial charge in [-0.1, -0.05) is 70.7 Å². The summed E-state index contributed by atoms with van der Waals surface area (Å²) < 4.78 is 27.4. The van der Waals surface area contributed by atoms with Gasteiger partial charge >= 0.3 is 0 Å². The highest BCUT2D eigenvalue weighted by Gasteiger charge is 2.29. The molecule has 26 heteroatoms. The van der Waals surface area contributed by atoms with Crippen molar-refractivity contribution < 1.29 is 47.7 Å². The highest BCUT2D eigenvalue weighted by Crippen LogP contribution is 2.39. The van der Waals surface area contributed by atoms with E-state index in [0.29, 0.717) is 118 Å². The molecule has 0 radical (unpaired) electrons. The molecule has 4 aromatic heterocycles. The smallest absolute Gasteiger partial charge is 0.297 e. The Balaban J connectivity index is 0.000000225. The van der Waals surface area contributed by atoms with E-state index < -0.39 is 0 Å². The van der Waals surface area contributed by atoms with Crippen molar-refractivity contribution in [3.63, 3.8) is 0 Å². The van der Waals surface area contributed by atoms with E-state index in [2.05, 4.69) is 41.2 Å². The summed E-state index contributed by atoms with van der Waals surface area (Å²) in [4.78, 5) is 96.2. The zero-order valence-corrected chi connectivity index (χ0v) is 57.6. The van der Waals surface area contributed by atoms with Gasteiger partial charge < -0.3 is 50.0 Å². The average molecular weight is 1390 g/mol. The number of para-hydroxylation sites is 2. The second kappa shape index (κ2) is 34.5. The van der Waals surface area contributed by atoms with Gasteiger partial charge in [-0.2, -0.15) is 9.97 Å². The van der Waals surface area contributed by atoms with E-state index in [9.17, 15) is 28.8 Å². The average Bonchev–Trinajstić information content (AvgIpc) is 1.64. The quantitative estimate of drug-likeness (QED) is 0.0355. The van der Waals surface area contributed by atoms with Crippen LogP contribution in [0.3, 0.4) is 0 Å². The van der Waals surface area contributed by atoms with Crippen LogP contribution in [0.15, 0.2) is 109 Å². The lowest BCUT2D eigenvalue weighted by Crippen LogP contribution is -2.48. The SMILES string of the molecule is CNC(=O)[C@@H]1CC[C@H](CCC(=O)CCC(=O)N(C)c2ccc(Cl)c(COc3cccc4c3nc(OC)n4Cc3ccccn3)c2Cl)CN1.CNC(=O)[C@H]1CC[C@H](CCC(=O)CCC(=O)N(C)c2ccc(Cl)c(COc3cccc4c3nc(OC)n4Cc3ccccn3)c2Cl)CN1. The van der Waals surface area contributed by atoms with E-state index in [1.807, 2.05) is 81.9 Å². The molecule has 2 fully saturated rings. The Morgan fingerprint density at radius 1 is 0.531 bits per heavy atom. The number of ether oxygens (including phenoxy) is 4. The van der Waals surface area contributed by atoms with Crippen molar-refractivity contribution in [2.75, 3.05) is 65.3 Å². The lowest BCUT2D eigenvalue weighted by molar-refractivity contribution is -0.124. The van der Waals surface area contributed by atoms with Crippen molar-refractivity contribution in [2.24, 2.45) is 11.8 Å². The molecule has 4 N–H and O–H groups in total. The lowest BCUT2D eigenvalue weighted by atomic mass is 9.89. The van der Waals surface area contributed by atoms with Gasteiger partial charge in [-0.05, 0) is 136 Å². The number of carbonyl (C=O) groups is 6. The molecule has 0 unspecified atom stereocenters. The van der Waals surface area contributed by atoms with Gasteiger partial charge in [0.1, 0.15) is 47.3 Å². The van der Waals surface area contributed by atoms with Crippen LogP contribution in [0, 0.1) is 11.8 Å². The van der Waals surface area contributed by atoms with E-state index in [4.69, 9.17) is 65.4 Å². The number of rotatable bonds is 28. The van der Waals surface area contributed by atoms with E-state index >= 15 is 0 Å². The van der Waals surface area contributed by atoms with Crippen LogP contribution in [-0.4, -0.2) is 132 Å². The van der Waals surface area contributed by atoms with Crippen LogP contribution in [0.5, 0.6) is 23.5 Å². The van der Waals surface area contributed by atoms with Gasteiger partial charge in [0, 0.05) is 100 Å². The Labute approximate surface area is 578 Å². The van der Waals surface area contributed by atoms with Crippen molar-refractivity contribution in [3.05, 3.63) is 152 Å². The molecule has 4 amide bonds. The summed E-state index contributed by atoms with van der Waals surface area (Å²) in [5.41, 5.74) is 6.52. The molecule has 0 saturated carbocycles. The Morgan fingerprint density at radius 3 is 1.30 bits per heavy atom. The Bertz CT molecular complexity index is 3770. The number of nitrogens with zero attached hydrogens (tertiary/aromatic N) is 8. The molecule has 2 saturated heterocycles. The first kappa shape index (κ1) is 71.9. The maximum atomic E-state index is 13.1. The monoisotopic (exact) mass is 1390 g/mol. The predicted octanol–water partition coefficient (Wildman–Crippen LogP) is 11.2. The molecule has 22 nitrogen and oxygen atoms in total. The summed E-state index contributed by atoms with van der Waals surface area (Å²) in [6, 6.07) is 29.9. The van der Waals surface area contributed by atoms with E-state index in [0.717, 1.165) is 60.9 Å². The van der Waals surface area contributed by atoms with Gasteiger partial charge in [0.05, 0.1) is 83.2 Å². The predicted molar refractivity (Wildman–Crippen MR) is 372 cm³/mol. The first-order chi connectivity index (χ1) is 46.4. The Hall–Kier alpha value is -8.38. The molecule has 0 aliphatic carbocycles. The van der Waals surface area contributed by atoms with Crippen LogP contribution in [0.2, 0.25) is 20.1 Å². The number of methoxy groups -OCH3 is 2. The number of hydrogen-bond acceptors (Lipinski definition) is 16. The molecule has 4 atom stereocenters. The second-order valence-electron chi connectivity index (χ2n) is 23.7. The maximum absolute atomic E-state index is 13.1. The van der Waals surface area contributed by atoms with Gasteiger partial charge in [-0.25, -0.2) is 0 Å². The van der Waals surface area contributed by atoms with Crippen molar-refractivity contribution in [1.82, 2.24) is 50.3 Å². The Morgan fingerprint density at radius 2 is 0.948 bits per heavy atom. The number of pyridine rings is 2. The number of imidazole rings is 2. The molecule has 96 heavy (non-hydrogen) atoms. The number of anilines is 2. The van der Waals surface area contributed by atoms with Crippen LogP contribution in [0.25, 0.3) is 22.1 Å². The number of nitrogens with one attached hydrogen (secondary N) is 4. The first-order valence-corrected chi connectivity index (χ1v) is 33.4. The third kappa shape index (κ3) is 18.2. The molecular formula is C70H80Cl4N12O10. The van der Waals surface area contributed by atoms with Crippen molar-refractivity contribution in [2.45, 2.75) is 115 Å². The molecule has 2 aliphatic heterocycles. The highest BCUT2D eigenvalue weighted by atomic mass is 35.5. The van der Waals surface area contributed by atoms with Gasteiger partial charge in [-0.3, -0.25) is 47.9 Å². The summed E-state index contributed by atoms with van der Waals surface area (Å²) in [5.74, 6) is 1.28. The number of fused-ring (bicyclic) bond motifs is 2. The van der Waals surface area contributed by atoms with E-state index in [-0.39, 0.29) is 96.2 Å². The molecule has 0 spiro atoms. The van der Waals surface area contributed by atoms with E-state index in [1.54, 1.807) is 79.1 Å². The Kier molecular flexibility index (Phi) is 25.9. The minimum Gasteiger partial charge on any atom is -0.486 e. The number of likely N-dealkylation sites (N-methyl/N-ethyl adjacent to an activating group) is 2. The standard InChI is InChI=1S/2C35H40Cl2N6O5/c2*1-38-34(46)27-15-11-22(19-40-27)10-12-24(44)13-17-31(45)42(2)28-16-14-26(36)25(32(28)37)21-48-30-9-6-8-29-33(30)41-35(47-3)43(29)20-23-7-4-5-18-39-23/h2*4-9,14,16,18,22,27,40H,10-13,15,17,19-21H2,1-3H3,(H,38,46)/t22-,27+;22-,27-/m00/s1. The lowest BCUT2D eigenvalue weighted by Gasteiger charge is -2.28. The molecule has 0 bridgehead atoms. The molecule has 8 aromatic rings. The first-order valence-electron chi connectivity index (χ1n) is 31.9. The van der Waals surface area contributed by atoms with Gasteiger partial charge in [-0.15, -0.1) is 0 Å². The minimum atomic E-state index is -0.234. The van der Waals surface area contributed by atoms with Gasteiger partial charge in [0.25, 0.3) is 12.0 Å². The second-order valence-corrected chi connectivity index (χ2v) is 25.2. The fourth-order valence-electron chi connectivity index (χ4n) is 11.8. The number of hydrogen-bond donors (Lipinski definition) is 4. The number of ketones is 2. The summed E-state index contributed by atoms with van der Waals surface area (Å²) in [6.45, 7) is 2.39. The number of Topliss-reactive ketones (excluding diaryl/α,β-unsaturated/α-hetero) is 2. The number of benzene rings is 4. The number of carbonyl (C=O) groups excluding carboxylic acids is 6. The fraction of sp³-hybridized carbons (Fsp3) is 0.400. The molecule has 508 valence electrons. The zero-order valence-electron chi connectivity index (χ0n) is 54.6. The largest absolute Gasteiger partial charge is 0.486 e. The van der Waals surface area contributed by atoms with Crippen LogP contribution in [-0.2, 0) is 55.1 Å². The van der Waals surface area contributed by atoms with Crippen LogP contribution in [0.1, 0.15) is 99.6 Å². The van der Waals surface area contributed by atoms with Crippen LogP contribution in [0.4, 0.5) is 11.4 Å². The number of amides is 4. The van der Waals surface area contributed by atoms with Crippen molar-refractivity contribution >= 4 is 115 Å². The van der Waals surface area contributed by atoms with E-state index in [1.165, 1.54) is 9.80 Å². The molecule has 4 aromatic carbocycles. The summed E-state index contributed by atoms with van der Waals surface area (Å²) in [5, 5.41) is 13.2. The summed E-state index contributed by atoms with van der Waals surface area (Å²) in [7, 11) is 9.65. The fourth-order valence-corrected chi connectivity index (χ4v) is 13.0. The van der Waals surface area contributed by atoms with Gasteiger partial charge in [0.15, 0.2) is 0 Å². The zero-order chi connectivity index (χ0) is 68.4. The van der Waals surface area contributed by atoms with Crippen LogP contribution >= 0.6 is 46.4 Å². The normalized spacial score (nSPS) is 16.0. The molecule has 2 aliphatic rings. The third-order valence-electron chi connectivity index (χ3n) is 17.5. The maximum Gasteiger partial charge on any atom is 0.297 e. The van der Waals surface area contributed by atoms with Crippen LogP contribution < -0.4 is 50.0 Å². The minimum absolute atomic E-state index is 0.00735. The molecular weight excluding hydrogens is 1310 g/mol. The van der Waals surface area contributed by atoms with Gasteiger partial charge in [0.2, 0.25) is 23.6 Å². The highest BCUT2D eigenvalue weighted by molar-refractivity contribution is 6.39. The van der Waals surface area contributed by atoms with Crippen molar-refractivity contribution in [3.8, 4) is 23.5 Å². The number of aromatic nitrogens is 6. The molecule has 10 rings (SSSR count). The topological polar surface area (TPSA) is 255 Å². The molecule has 6 heterocycles. The van der Waals surface area contributed by atoms with Crippen molar-refractivity contribution in [1.29, 1.82) is 0 Å². The summed E-state index contributed by atoms with van der Waals surface area (Å²) in [6.07, 6.45) is 9.43.